The fourth-order valence-electron chi connectivity index (χ4n) is 1.73. The van der Waals surface area contributed by atoms with Gasteiger partial charge in [0.05, 0.1) is 13.0 Å². The van der Waals surface area contributed by atoms with Crippen molar-refractivity contribution in [1.29, 1.82) is 0 Å². The molecular weight excluding hydrogens is 240 g/mol. The molecule has 1 aromatic rings. The van der Waals surface area contributed by atoms with E-state index < -0.39 is 0 Å². The quantitative estimate of drug-likeness (QED) is 0.463. The summed E-state index contributed by atoms with van der Waals surface area (Å²) in [5.41, 5.74) is 1.70. The fraction of sp³-hybridized carbons (Fsp3) is 0.438. The van der Waals surface area contributed by atoms with Gasteiger partial charge in [0, 0.05) is 11.6 Å². The van der Waals surface area contributed by atoms with E-state index in [4.69, 9.17) is 9.47 Å². The molecule has 0 spiro atoms. The Morgan fingerprint density at radius 2 is 2.11 bits per heavy atom. The fourth-order valence-corrected chi connectivity index (χ4v) is 1.73. The number of rotatable bonds is 4. The van der Waals surface area contributed by atoms with E-state index in [1.54, 1.807) is 6.07 Å². The molecule has 0 amide bonds. The molecule has 2 rings (SSSR count). The Labute approximate surface area is 115 Å². The average molecular weight is 262 g/mol. The standard InChI is InChI=1S/C14H16O3.C2H6/c1-3-4-7-16-11-5-6-12-10(2)8-14(15)17-13(12)9-11;1-2/h5-6,9H,2-4,7-8H2,1H3;1-2H3. The molecule has 3 nitrogen and oxygen atoms in total. The third-order valence-electron chi connectivity index (χ3n) is 2.68. The second-order valence-corrected chi connectivity index (χ2v) is 4.11. The van der Waals surface area contributed by atoms with Gasteiger partial charge in [-0.1, -0.05) is 33.8 Å². The first-order valence-corrected chi connectivity index (χ1v) is 6.86. The lowest BCUT2D eigenvalue weighted by molar-refractivity contribution is -0.133. The average Bonchev–Trinajstić information content (AvgIpc) is 2.41. The summed E-state index contributed by atoms with van der Waals surface area (Å²) >= 11 is 0. The van der Waals surface area contributed by atoms with Crippen LogP contribution in [0.5, 0.6) is 11.5 Å². The molecule has 104 valence electrons. The van der Waals surface area contributed by atoms with Crippen molar-refractivity contribution in [2.45, 2.75) is 40.0 Å². The van der Waals surface area contributed by atoms with E-state index in [1.807, 2.05) is 26.0 Å². The second kappa shape index (κ2) is 7.62. The van der Waals surface area contributed by atoms with Crippen LogP contribution < -0.4 is 9.47 Å². The van der Waals surface area contributed by atoms with Crippen LogP contribution in [0, 0.1) is 0 Å². The van der Waals surface area contributed by atoms with Crippen LogP contribution in [0.15, 0.2) is 24.8 Å². The van der Waals surface area contributed by atoms with Crippen LogP contribution in [-0.4, -0.2) is 12.6 Å². The predicted octanol–water partition coefficient (Wildman–Crippen LogP) is 4.21. The molecule has 0 fully saturated rings. The van der Waals surface area contributed by atoms with Crippen LogP contribution in [0.3, 0.4) is 0 Å². The SMILES string of the molecule is C=C1CC(=O)Oc2cc(OCCCC)ccc21.CC. The van der Waals surface area contributed by atoms with Gasteiger partial charge in [-0.3, -0.25) is 4.79 Å². The second-order valence-electron chi connectivity index (χ2n) is 4.11. The van der Waals surface area contributed by atoms with Gasteiger partial charge in [-0.05, 0) is 24.1 Å². The van der Waals surface area contributed by atoms with Crippen molar-refractivity contribution in [1.82, 2.24) is 0 Å². The Balaban J connectivity index is 0.000000861. The van der Waals surface area contributed by atoms with Gasteiger partial charge in [0.15, 0.2) is 0 Å². The van der Waals surface area contributed by atoms with Crippen LogP contribution in [0.4, 0.5) is 0 Å². The number of hydrogen-bond acceptors (Lipinski definition) is 3. The van der Waals surface area contributed by atoms with Gasteiger partial charge in [0.2, 0.25) is 0 Å². The Bertz CT molecular complexity index is 449. The van der Waals surface area contributed by atoms with E-state index in [0.29, 0.717) is 12.4 Å². The van der Waals surface area contributed by atoms with Gasteiger partial charge in [0.25, 0.3) is 0 Å². The minimum absolute atomic E-state index is 0.256. The summed E-state index contributed by atoms with van der Waals surface area (Å²) in [7, 11) is 0. The zero-order valence-electron chi connectivity index (χ0n) is 12.0. The van der Waals surface area contributed by atoms with Gasteiger partial charge in [0.1, 0.15) is 11.5 Å². The van der Waals surface area contributed by atoms with E-state index in [9.17, 15) is 4.79 Å². The molecule has 0 aliphatic carbocycles. The van der Waals surface area contributed by atoms with Crippen LogP contribution in [0.1, 0.15) is 45.6 Å². The Hall–Kier alpha value is -1.77. The van der Waals surface area contributed by atoms with Gasteiger partial charge < -0.3 is 9.47 Å². The molecule has 0 unspecified atom stereocenters. The maximum Gasteiger partial charge on any atom is 0.315 e. The number of unbranched alkanes of at least 4 members (excludes halogenated alkanes) is 1. The molecular formula is C16H22O3. The summed E-state index contributed by atoms with van der Waals surface area (Å²) in [5, 5.41) is 0. The number of fused-ring (bicyclic) bond motifs is 1. The van der Waals surface area contributed by atoms with Gasteiger partial charge in [-0.2, -0.15) is 0 Å². The molecule has 0 N–H and O–H groups in total. The van der Waals surface area contributed by atoms with Crippen molar-refractivity contribution in [2.75, 3.05) is 6.61 Å². The minimum Gasteiger partial charge on any atom is -0.493 e. The maximum absolute atomic E-state index is 11.3. The summed E-state index contributed by atoms with van der Waals surface area (Å²) in [4.78, 5) is 11.3. The molecule has 1 heterocycles. The first-order valence-electron chi connectivity index (χ1n) is 6.86. The molecule has 0 aromatic heterocycles. The molecule has 0 saturated carbocycles. The molecule has 0 atom stereocenters. The Morgan fingerprint density at radius 3 is 2.79 bits per heavy atom. The molecule has 0 radical (unpaired) electrons. The van der Waals surface area contributed by atoms with Gasteiger partial charge in [-0.15, -0.1) is 0 Å². The Kier molecular flexibility index (Phi) is 6.13. The number of ether oxygens (including phenoxy) is 2. The summed E-state index contributed by atoms with van der Waals surface area (Å²) in [6, 6.07) is 5.54. The lowest BCUT2D eigenvalue weighted by atomic mass is 10.0. The summed E-state index contributed by atoms with van der Waals surface area (Å²) in [6.07, 6.45) is 2.38. The number of carbonyl (C=O) groups excluding carboxylic acids is 1. The highest BCUT2D eigenvalue weighted by molar-refractivity contribution is 5.91. The summed E-state index contributed by atoms with van der Waals surface area (Å²) < 4.78 is 10.7. The first-order chi connectivity index (χ1) is 9.20. The van der Waals surface area contributed by atoms with Crippen LogP contribution in [-0.2, 0) is 4.79 Å². The monoisotopic (exact) mass is 262 g/mol. The topological polar surface area (TPSA) is 35.5 Å². The van der Waals surface area contributed by atoms with Crippen LogP contribution in [0.2, 0.25) is 0 Å². The smallest absolute Gasteiger partial charge is 0.315 e. The molecule has 1 aliphatic heterocycles. The van der Waals surface area contributed by atoms with E-state index in [0.717, 1.165) is 29.7 Å². The Morgan fingerprint density at radius 1 is 1.37 bits per heavy atom. The van der Waals surface area contributed by atoms with Crippen molar-refractivity contribution in [3.63, 3.8) is 0 Å². The highest BCUT2D eigenvalue weighted by Gasteiger charge is 2.20. The summed E-state index contributed by atoms with van der Waals surface area (Å²) in [6.45, 7) is 10.7. The zero-order valence-corrected chi connectivity index (χ0v) is 12.0. The molecule has 1 aromatic carbocycles. The molecule has 3 heteroatoms. The third-order valence-corrected chi connectivity index (χ3v) is 2.68. The lowest BCUT2D eigenvalue weighted by Crippen LogP contribution is -2.14. The zero-order chi connectivity index (χ0) is 14.3. The van der Waals surface area contributed by atoms with E-state index in [2.05, 4.69) is 13.5 Å². The lowest BCUT2D eigenvalue weighted by Gasteiger charge is -2.18. The van der Waals surface area contributed by atoms with Crippen molar-refractivity contribution in [3.8, 4) is 11.5 Å². The maximum atomic E-state index is 11.3. The van der Waals surface area contributed by atoms with Crippen molar-refractivity contribution >= 4 is 11.5 Å². The predicted molar refractivity (Wildman–Crippen MR) is 77.5 cm³/mol. The van der Waals surface area contributed by atoms with Crippen molar-refractivity contribution in [3.05, 3.63) is 30.3 Å². The van der Waals surface area contributed by atoms with E-state index >= 15 is 0 Å². The number of benzene rings is 1. The number of esters is 1. The highest BCUT2D eigenvalue weighted by atomic mass is 16.5. The van der Waals surface area contributed by atoms with Crippen molar-refractivity contribution < 1.29 is 14.3 Å². The molecule has 0 bridgehead atoms. The minimum atomic E-state index is -0.256. The third kappa shape index (κ3) is 4.12. The molecule has 0 saturated heterocycles. The largest absolute Gasteiger partial charge is 0.493 e. The van der Waals surface area contributed by atoms with Crippen LogP contribution >= 0.6 is 0 Å². The number of hydrogen-bond donors (Lipinski definition) is 0. The normalized spacial score (nSPS) is 13.0. The van der Waals surface area contributed by atoms with E-state index in [-0.39, 0.29) is 12.4 Å². The van der Waals surface area contributed by atoms with Crippen molar-refractivity contribution in [2.24, 2.45) is 0 Å². The van der Waals surface area contributed by atoms with Gasteiger partial charge >= 0.3 is 5.97 Å². The van der Waals surface area contributed by atoms with Gasteiger partial charge in [-0.25, -0.2) is 0 Å². The summed E-state index contributed by atoms with van der Waals surface area (Å²) in [5.74, 6) is 1.04. The molecule has 19 heavy (non-hydrogen) atoms. The van der Waals surface area contributed by atoms with Crippen LogP contribution in [0.25, 0.3) is 5.57 Å². The highest BCUT2D eigenvalue weighted by Crippen LogP contribution is 2.35. The molecule has 1 aliphatic rings. The number of carbonyl (C=O) groups is 1. The van der Waals surface area contributed by atoms with E-state index in [1.165, 1.54) is 0 Å². The first kappa shape index (κ1) is 15.3.